The van der Waals surface area contributed by atoms with Crippen LogP contribution in [0.15, 0.2) is 12.7 Å². The van der Waals surface area contributed by atoms with Gasteiger partial charge in [-0.1, -0.05) is 6.08 Å². The summed E-state index contributed by atoms with van der Waals surface area (Å²) < 4.78 is 0. The first-order valence-electron chi connectivity index (χ1n) is 6.01. The number of rotatable bonds is 6. The average molecular weight is 239 g/mol. The van der Waals surface area contributed by atoms with Crippen LogP contribution in [-0.2, 0) is 9.59 Å². The second kappa shape index (κ2) is 7.06. The minimum absolute atomic E-state index is 0.115. The highest BCUT2D eigenvalue weighted by Gasteiger charge is 2.23. The molecule has 5 heteroatoms. The molecule has 0 aliphatic carbocycles. The normalized spacial score (nSPS) is 16.8. The van der Waals surface area contributed by atoms with Crippen LogP contribution in [0.5, 0.6) is 0 Å². The fourth-order valence-electron chi connectivity index (χ4n) is 2.06. The Morgan fingerprint density at radius 3 is 2.59 bits per heavy atom. The Morgan fingerprint density at radius 2 is 2.06 bits per heavy atom. The first-order valence-corrected chi connectivity index (χ1v) is 6.01. The number of carbonyl (C=O) groups excluding carboxylic acids is 2. The second-order valence-electron chi connectivity index (χ2n) is 4.41. The monoisotopic (exact) mass is 239 g/mol. The third kappa shape index (κ3) is 4.99. The minimum Gasteiger partial charge on any atom is -0.370 e. The van der Waals surface area contributed by atoms with E-state index in [1.54, 1.807) is 6.08 Å². The van der Waals surface area contributed by atoms with Crippen molar-refractivity contribution >= 4 is 11.8 Å². The lowest BCUT2D eigenvalue weighted by Crippen LogP contribution is -2.43. The molecular formula is C12H21N3O2. The summed E-state index contributed by atoms with van der Waals surface area (Å²) in [6, 6.07) is 0. The summed E-state index contributed by atoms with van der Waals surface area (Å²) in [4.78, 5) is 24.4. The molecule has 0 aromatic heterocycles. The fourth-order valence-corrected chi connectivity index (χ4v) is 2.06. The van der Waals surface area contributed by atoms with E-state index >= 15 is 0 Å². The predicted molar refractivity (Wildman–Crippen MR) is 66.2 cm³/mol. The second-order valence-corrected chi connectivity index (χ2v) is 4.41. The molecule has 0 aromatic carbocycles. The van der Waals surface area contributed by atoms with Crippen LogP contribution in [0.4, 0.5) is 0 Å². The van der Waals surface area contributed by atoms with E-state index in [9.17, 15) is 9.59 Å². The van der Waals surface area contributed by atoms with Gasteiger partial charge in [-0.15, -0.1) is 6.58 Å². The summed E-state index contributed by atoms with van der Waals surface area (Å²) >= 11 is 0. The quantitative estimate of drug-likeness (QED) is 0.501. The smallest absolute Gasteiger partial charge is 0.236 e. The lowest BCUT2D eigenvalue weighted by atomic mass is 9.93. The lowest BCUT2D eigenvalue weighted by molar-refractivity contribution is -0.131. The average Bonchev–Trinajstić information content (AvgIpc) is 2.29. The Labute approximate surface area is 102 Å². The number of hydrogen-bond acceptors (Lipinski definition) is 3. The molecule has 0 spiro atoms. The zero-order valence-electron chi connectivity index (χ0n) is 10.2. The number of primary amides is 1. The predicted octanol–water partition coefficient (Wildman–Crippen LogP) is -0.124. The van der Waals surface area contributed by atoms with Gasteiger partial charge in [0.05, 0.1) is 6.54 Å². The maximum absolute atomic E-state index is 11.7. The fraction of sp³-hybridized carbons (Fsp3) is 0.667. The van der Waals surface area contributed by atoms with Crippen molar-refractivity contribution in [1.29, 1.82) is 0 Å². The number of amides is 2. The first kappa shape index (κ1) is 13.7. The summed E-state index contributed by atoms with van der Waals surface area (Å²) in [6.45, 7) is 6.03. The summed E-state index contributed by atoms with van der Waals surface area (Å²) in [5.41, 5.74) is 5.16. The topological polar surface area (TPSA) is 75.4 Å². The van der Waals surface area contributed by atoms with Gasteiger partial charge in [0.1, 0.15) is 0 Å². The molecule has 0 atom stereocenters. The standard InChI is InChI=1S/C12H21N3O2/c1-2-5-14-9-12(17)15-6-3-10(4-7-15)8-11(13)16/h2,10,14H,1,3-9H2,(H2,13,16). The lowest BCUT2D eigenvalue weighted by Gasteiger charge is -2.31. The van der Waals surface area contributed by atoms with Crippen molar-refractivity contribution in [2.75, 3.05) is 26.2 Å². The highest BCUT2D eigenvalue weighted by Crippen LogP contribution is 2.19. The van der Waals surface area contributed by atoms with E-state index in [1.807, 2.05) is 4.90 Å². The van der Waals surface area contributed by atoms with E-state index in [0.717, 1.165) is 25.9 Å². The van der Waals surface area contributed by atoms with E-state index in [1.165, 1.54) is 0 Å². The van der Waals surface area contributed by atoms with Gasteiger partial charge in [-0.3, -0.25) is 9.59 Å². The largest absolute Gasteiger partial charge is 0.370 e. The maximum atomic E-state index is 11.7. The molecule has 0 aromatic rings. The molecule has 3 N–H and O–H groups in total. The number of nitrogens with zero attached hydrogens (tertiary/aromatic N) is 1. The van der Waals surface area contributed by atoms with Crippen molar-refractivity contribution < 1.29 is 9.59 Å². The number of piperidine rings is 1. The van der Waals surface area contributed by atoms with Crippen LogP contribution in [0.25, 0.3) is 0 Å². The Balaban J connectivity index is 2.23. The number of nitrogens with one attached hydrogen (secondary N) is 1. The molecule has 1 aliphatic rings. The number of likely N-dealkylation sites (tertiary alicyclic amines) is 1. The third-order valence-electron chi connectivity index (χ3n) is 3.02. The Bertz CT molecular complexity index is 283. The SMILES string of the molecule is C=CCNCC(=O)N1CCC(CC(N)=O)CC1. The summed E-state index contributed by atoms with van der Waals surface area (Å²) in [5.74, 6) is 0.212. The molecule has 96 valence electrons. The molecule has 1 rings (SSSR count). The molecule has 0 saturated carbocycles. The van der Waals surface area contributed by atoms with Gasteiger partial charge in [-0.25, -0.2) is 0 Å². The van der Waals surface area contributed by atoms with Crippen molar-refractivity contribution in [2.24, 2.45) is 11.7 Å². The van der Waals surface area contributed by atoms with Crippen LogP contribution in [-0.4, -0.2) is 42.9 Å². The first-order chi connectivity index (χ1) is 8.13. The van der Waals surface area contributed by atoms with Gasteiger partial charge >= 0.3 is 0 Å². The molecule has 0 radical (unpaired) electrons. The Morgan fingerprint density at radius 1 is 1.41 bits per heavy atom. The van der Waals surface area contributed by atoms with Crippen molar-refractivity contribution in [2.45, 2.75) is 19.3 Å². The van der Waals surface area contributed by atoms with E-state index in [-0.39, 0.29) is 11.8 Å². The number of hydrogen-bond donors (Lipinski definition) is 2. The summed E-state index contributed by atoms with van der Waals surface area (Å²) in [7, 11) is 0. The van der Waals surface area contributed by atoms with Gasteiger partial charge in [0.25, 0.3) is 0 Å². The van der Waals surface area contributed by atoms with Crippen LogP contribution in [0.1, 0.15) is 19.3 Å². The van der Waals surface area contributed by atoms with Crippen LogP contribution < -0.4 is 11.1 Å². The van der Waals surface area contributed by atoms with Gasteiger partial charge in [0.2, 0.25) is 11.8 Å². The zero-order valence-corrected chi connectivity index (χ0v) is 10.2. The van der Waals surface area contributed by atoms with Crippen LogP contribution in [0, 0.1) is 5.92 Å². The number of carbonyl (C=O) groups is 2. The summed E-state index contributed by atoms with van der Waals surface area (Å²) in [5, 5.41) is 2.99. The third-order valence-corrected chi connectivity index (χ3v) is 3.02. The maximum Gasteiger partial charge on any atom is 0.236 e. The van der Waals surface area contributed by atoms with Crippen LogP contribution >= 0.6 is 0 Å². The van der Waals surface area contributed by atoms with Crippen LogP contribution in [0.2, 0.25) is 0 Å². The molecule has 1 aliphatic heterocycles. The molecule has 0 bridgehead atoms. The zero-order chi connectivity index (χ0) is 12.7. The van der Waals surface area contributed by atoms with E-state index in [4.69, 9.17) is 5.73 Å². The van der Waals surface area contributed by atoms with E-state index in [0.29, 0.717) is 25.4 Å². The van der Waals surface area contributed by atoms with Crippen molar-refractivity contribution in [3.05, 3.63) is 12.7 Å². The Hall–Kier alpha value is -1.36. The molecule has 17 heavy (non-hydrogen) atoms. The minimum atomic E-state index is -0.248. The highest BCUT2D eigenvalue weighted by atomic mass is 16.2. The molecule has 2 amide bonds. The number of nitrogens with two attached hydrogens (primary N) is 1. The summed E-state index contributed by atoms with van der Waals surface area (Å²) in [6.07, 6.45) is 3.91. The van der Waals surface area contributed by atoms with E-state index < -0.39 is 0 Å². The molecule has 5 nitrogen and oxygen atoms in total. The van der Waals surface area contributed by atoms with Gasteiger partial charge in [-0.05, 0) is 18.8 Å². The van der Waals surface area contributed by atoms with Gasteiger partial charge in [-0.2, -0.15) is 0 Å². The molecule has 1 heterocycles. The van der Waals surface area contributed by atoms with Gasteiger partial charge in [0.15, 0.2) is 0 Å². The molecule has 1 saturated heterocycles. The molecule has 0 unspecified atom stereocenters. The van der Waals surface area contributed by atoms with Crippen molar-refractivity contribution in [1.82, 2.24) is 10.2 Å². The molecule has 1 fully saturated rings. The van der Waals surface area contributed by atoms with Crippen molar-refractivity contribution in [3.8, 4) is 0 Å². The van der Waals surface area contributed by atoms with Gasteiger partial charge < -0.3 is 16.0 Å². The highest BCUT2D eigenvalue weighted by molar-refractivity contribution is 5.78. The molecular weight excluding hydrogens is 218 g/mol. The Kier molecular flexibility index (Phi) is 5.69. The van der Waals surface area contributed by atoms with Gasteiger partial charge in [0, 0.05) is 26.1 Å². The van der Waals surface area contributed by atoms with E-state index in [2.05, 4.69) is 11.9 Å². The van der Waals surface area contributed by atoms with Crippen molar-refractivity contribution in [3.63, 3.8) is 0 Å². The van der Waals surface area contributed by atoms with Crippen LogP contribution in [0.3, 0.4) is 0 Å².